The fourth-order valence-corrected chi connectivity index (χ4v) is 6.33. The van der Waals surface area contributed by atoms with Crippen LogP contribution in [-0.4, -0.2) is 34.6 Å². The molecule has 36 heavy (non-hydrogen) atoms. The Labute approximate surface area is 209 Å². The SMILES string of the molecule is Cc1oc2cc3oc(=O)c(CC(=O)N4CC[C@@]5(O)CCCC[C@@H]5C4)c(C)c3cc2c1-c1ccccc1. The van der Waals surface area contributed by atoms with Gasteiger partial charge in [-0.2, -0.15) is 0 Å². The van der Waals surface area contributed by atoms with E-state index in [0.717, 1.165) is 58.9 Å². The van der Waals surface area contributed by atoms with Gasteiger partial charge in [-0.05, 0) is 50.3 Å². The molecular weight excluding hydrogens is 454 g/mol. The molecule has 2 aromatic heterocycles. The van der Waals surface area contributed by atoms with Crippen LogP contribution < -0.4 is 5.63 Å². The Morgan fingerprint density at radius 3 is 2.64 bits per heavy atom. The van der Waals surface area contributed by atoms with Gasteiger partial charge in [0, 0.05) is 41.4 Å². The van der Waals surface area contributed by atoms with Crippen molar-refractivity contribution in [2.75, 3.05) is 13.1 Å². The summed E-state index contributed by atoms with van der Waals surface area (Å²) in [7, 11) is 0. The third-order valence-electron chi connectivity index (χ3n) is 8.44. The van der Waals surface area contributed by atoms with Gasteiger partial charge in [0.05, 0.1) is 17.6 Å². The molecule has 1 aliphatic heterocycles. The number of amides is 1. The summed E-state index contributed by atoms with van der Waals surface area (Å²) in [5.74, 6) is 0.837. The minimum atomic E-state index is -0.641. The molecule has 0 bridgehead atoms. The highest BCUT2D eigenvalue weighted by atomic mass is 16.4. The minimum Gasteiger partial charge on any atom is -0.461 e. The topological polar surface area (TPSA) is 83.9 Å². The molecule has 4 aromatic rings. The summed E-state index contributed by atoms with van der Waals surface area (Å²) < 4.78 is 11.7. The van der Waals surface area contributed by atoms with Crippen LogP contribution in [0.2, 0.25) is 0 Å². The lowest BCUT2D eigenvalue weighted by molar-refractivity contribution is -0.142. The van der Waals surface area contributed by atoms with E-state index >= 15 is 0 Å². The van der Waals surface area contributed by atoms with Gasteiger partial charge in [0.2, 0.25) is 5.91 Å². The molecule has 1 aliphatic carbocycles. The van der Waals surface area contributed by atoms with E-state index in [0.29, 0.717) is 36.2 Å². The highest BCUT2D eigenvalue weighted by Crippen LogP contribution is 2.40. The van der Waals surface area contributed by atoms with Gasteiger partial charge in [0.1, 0.15) is 16.9 Å². The van der Waals surface area contributed by atoms with Gasteiger partial charge in [-0.3, -0.25) is 4.79 Å². The Morgan fingerprint density at radius 1 is 1.06 bits per heavy atom. The van der Waals surface area contributed by atoms with Gasteiger partial charge in [0.25, 0.3) is 0 Å². The molecule has 2 atom stereocenters. The third kappa shape index (κ3) is 3.75. The first-order valence-electron chi connectivity index (χ1n) is 12.9. The summed E-state index contributed by atoms with van der Waals surface area (Å²) >= 11 is 0. The number of hydrogen-bond donors (Lipinski definition) is 1. The molecule has 2 fully saturated rings. The molecule has 6 rings (SSSR count). The standard InChI is InChI=1S/C30H31NO5/c1-18-22-14-24-26(35-19(2)28(24)20-8-4-3-5-9-20)16-25(22)36-29(33)23(18)15-27(32)31-13-12-30(34)11-7-6-10-21(30)17-31/h3-5,8-9,14,16,21,34H,6-7,10-13,15,17H2,1-2H3/t21-,30+/m1/s1. The van der Waals surface area contributed by atoms with Crippen LogP contribution in [0.1, 0.15) is 49.0 Å². The summed E-state index contributed by atoms with van der Waals surface area (Å²) in [4.78, 5) is 28.1. The molecular formula is C30H31NO5. The van der Waals surface area contributed by atoms with Crippen molar-refractivity contribution in [2.45, 2.75) is 58.0 Å². The van der Waals surface area contributed by atoms with Crippen molar-refractivity contribution in [3.8, 4) is 11.1 Å². The molecule has 0 spiro atoms. The van der Waals surface area contributed by atoms with E-state index < -0.39 is 11.2 Å². The lowest BCUT2D eigenvalue weighted by Crippen LogP contribution is -2.55. The van der Waals surface area contributed by atoms with Gasteiger partial charge < -0.3 is 18.8 Å². The van der Waals surface area contributed by atoms with Crippen LogP contribution in [-0.2, 0) is 11.2 Å². The number of carbonyl (C=O) groups excluding carboxylic acids is 1. The zero-order valence-corrected chi connectivity index (χ0v) is 20.8. The van der Waals surface area contributed by atoms with Crippen LogP contribution in [0.4, 0.5) is 0 Å². The summed E-state index contributed by atoms with van der Waals surface area (Å²) in [6.07, 6.45) is 4.52. The van der Waals surface area contributed by atoms with Gasteiger partial charge in [-0.1, -0.05) is 43.2 Å². The van der Waals surface area contributed by atoms with Crippen LogP contribution in [0.3, 0.4) is 0 Å². The van der Waals surface area contributed by atoms with Crippen molar-refractivity contribution >= 4 is 27.8 Å². The van der Waals surface area contributed by atoms with Gasteiger partial charge in [-0.25, -0.2) is 4.79 Å². The molecule has 6 nitrogen and oxygen atoms in total. The van der Waals surface area contributed by atoms with Gasteiger partial charge in [0.15, 0.2) is 0 Å². The van der Waals surface area contributed by atoms with Crippen LogP contribution in [0.5, 0.6) is 0 Å². The molecule has 2 aliphatic rings. The Bertz CT molecular complexity index is 1530. The molecule has 6 heteroatoms. The zero-order chi connectivity index (χ0) is 25.0. The summed E-state index contributed by atoms with van der Waals surface area (Å²) in [5.41, 5.74) is 3.25. The quantitative estimate of drug-likeness (QED) is 0.386. The number of benzene rings is 2. The number of rotatable bonds is 3. The monoisotopic (exact) mass is 485 g/mol. The fourth-order valence-electron chi connectivity index (χ4n) is 6.33. The van der Waals surface area contributed by atoms with Crippen LogP contribution in [0.15, 0.2) is 56.1 Å². The van der Waals surface area contributed by atoms with Crippen LogP contribution in [0.25, 0.3) is 33.1 Å². The second-order valence-corrected chi connectivity index (χ2v) is 10.5. The van der Waals surface area contributed by atoms with Crippen LogP contribution in [0, 0.1) is 19.8 Å². The molecule has 0 radical (unpaired) electrons. The van der Waals surface area contributed by atoms with E-state index in [2.05, 4.69) is 12.1 Å². The van der Waals surface area contributed by atoms with E-state index in [4.69, 9.17) is 8.83 Å². The first-order valence-corrected chi connectivity index (χ1v) is 12.9. The number of nitrogens with zero attached hydrogens (tertiary/aromatic N) is 1. The first-order chi connectivity index (χ1) is 17.3. The predicted octanol–water partition coefficient (Wildman–Crippen LogP) is 5.52. The van der Waals surface area contributed by atoms with Crippen molar-refractivity contribution < 1.29 is 18.7 Å². The smallest absolute Gasteiger partial charge is 0.340 e. The highest BCUT2D eigenvalue weighted by Gasteiger charge is 2.43. The summed E-state index contributed by atoms with van der Waals surface area (Å²) in [6, 6.07) is 13.9. The summed E-state index contributed by atoms with van der Waals surface area (Å²) in [6.45, 7) is 4.91. The molecule has 0 unspecified atom stereocenters. The maximum absolute atomic E-state index is 13.3. The Hall–Kier alpha value is -3.38. The first kappa shape index (κ1) is 23.0. The van der Waals surface area contributed by atoms with Crippen molar-refractivity contribution in [3.63, 3.8) is 0 Å². The van der Waals surface area contributed by atoms with Gasteiger partial charge in [-0.15, -0.1) is 0 Å². The number of piperidine rings is 1. The molecule has 1 saturated carbocycles. The molecule has 1 saturated heterocycles. The molecule has 1 N–H and O–H groups in total. The molecule has 186 valence electrons. The predicted molar refractivity (Wildman–Crippen MR) is 139 cm³/mol. The number of furan rings is 1. The van der Waals surface area contributed by atoms with E-state index in [9.17, 15) is 14.7 Å². The molecule has 3 heterocycles. The number of aliphatic hydroxyl groups is 1. The zero-order valence-electron chi connectivity index (χ0n) is 20.8. The van der Waals surface area contributed by atoms with E-state index in [1.165, 1.54) is 0 Å². The second kappa shape index (κ2) is 8.63. The average molecular weight is 486 g/mol. The molecule has 1 amide bonds. The Morgan fingerprint density at radius 2 is 1.83 bits per heavy atom. The van der Waals surface area contributed by atoms with Gasteiger partial charge >= 0.3 is 5.63 Å². The number of likely N-dealkylation sites (tertiary alicyclic amines) is 1. The van der Waals surface area contributed by atoms with E-state index in [1.807, 2.05) is 43.0 Å². The Balaban J connectivity index is 1.36. The largest absolute Gasteiger partial charge is 0.461 e. The maximum Gasteiger partial charge on any atom is 0.340 e. The fraction of sp³-hybridized carbons (Fsp3) is 0.400. The number of carbonyl (C=O) groups is 1. The van der Waals surface area contributed by atoms with Crippen molar-refractivity contribution in [3.05, 3.63) is 69.8 Å². The number of hydrogen-bond acceptors (Lipinski definition) is 5. The van der Waals surface area contributed by atoms with E-state index in [1.54, 1.807) is 6.07 Å². The van der Waals surface area contributed by atoms with Crippen molar-refractivity contribution in [1.29, 1.82) is 0 Å². The Kier molecular flexibility index (Phi) is 5.52. The van der Waals surface area contributed by atoms with Crippen molar-refractivity contribution in [1.82, 2.24) is 4.90 Å². The normalized spacial score (nSPS) is 22.2. The second-order valence-electron chi connectivity index (χ2n) is 10.5. The van der Waals surface area contributed by atoms with Crippen molar-refractivity contribution in [2.24, 2.45) is 5.92 Å². The number of aryl methyl sites for hydroxylation is 2. The van der Waals surface area contributed by atoms with Crippen LogP contribution >= 0.6 is 0 Å². The molecule has 2 aromatic carbocycles. The highest BCUT2D eigenvalue weighted by molar-refractivity contribution is 6.03. The minimum absolute atomic E-state index is 0.00322. The maximum atomic E-state index is 13.3. The number of fused-ring (bicyclic) bond motifs is 3. The third-order valence-corrected chi connectivity index (χ3v) is 8.44. The summed E-state index contributed by atoms with van der Waals surface area (Å²) in [5, 5.41) is 12.7. The average Bonchev–Trinajstić information content (AvgIpc) is 3.19. The van der Waals surface area contributed by atoms with E-state index in [-0.39, 0.29) is 18.2 Å². The lowest BCUT2D eigenvalue weighted by Gasteiger charge is -2.47. The lowest BCUT2D eigenvalue weighted by atomic mass is 9.71.